The first-order chi connectivity index (χ1) is 6.07. The molecule has 0 bridgehead atoms. The predicted octanol–water partition coefficient (Wildman–Crippen LogP) is 0.321. The summed E-state index contributed by atoms with van der Waals surface area (Å²) < 4.78 is 27.7. The van der Waals surface area contributed by atoms with E-state index < -0.39 is 18.3 Å². The number of alkyl halides is 2. The molecule has 0 heterocycles. The van der Waals surface area contributed by atoms with Gasteiger partial charge in [-0.05, 0) is 6.92 Å². The minimum Gasteiger partial charge on any atom is -0.466 e. The van der Waals surface area contributed by atoms with E-state index in [2.05, 4.69) is 4.74 Å². The van der Waals surface area contributed by atoms with Gasteiger partial charge in [-0.1, -0.05) is 0 Å². The Balaban J connectivity index is 3.45. The predicted molar refractivity (Wildman–Crippen MR) is 40.3 cm³/mol. The molecule has 4 nitrogen and oxygen atoms in total. The summed E-state index contributed by atoms with van der Waals surface area (Å²) in [5, 5.41) is 1.88. The lowest BCUT2D eigenvalue weighted by Gasteiger charge is -2.03. The van der Waals surface area contributed by atoms with Crippen molar-refractivity contribution in [2.24, 2.45) is 0 Å². The van der Waals surface area contributed by atoms with Crippen LogP contribution >= 0.6 is 0 Å². The lowest BCUT2D eigenvalue weighted by molar-refractivity contribution is -0.143. The van der Waals surface area contributed by atoms with E-state index in [9.17, 15) is 18.4 Å². The highest BCUT2D eigenvalue weighted by atomic mass is 19.3. The maximum atomic E-state index is 11.6. The summed E-state index contributed by atoms with van der Waals surface area (Å²) in [6, 6.07) is 0. The van der Waals surface area contributed by atoms with Crippen LogP contribution in [0.2, 0.25) is 0 Å². The zero-order valence-corrected chi connectivity index (χ0v) is 7.18. The van der Waals surface area contributed by atoms with Gasteiger partial charge in [0.25, 0.3) is 5.91 Å². The van der Waals surface area contributed by atoms with E-state index >= 15 is 0 Å². The van der Waals surface area contributed by atoms with Gasteiger partial charge in [-0.2, -0.15) is 8.78 Å². The van der Waals surface area contributed by atoms with Crippen LogP contribution in [0.3, 0.4) is 0 Å². The van der Waals surface area contributed by atoms with Crippen molar-refractivity contribution in [1.82, 2.24) is 5.32 Å². The molecule has 0 spiro atoms. The molecule has 0 aromatic rings. The first kappa shape index (κ1) is 11.8. The maximum Gasteiger partial charge on any atom is 0.315 e. The number of carbonyl (C=O) groups excluding carboxylic acids is 2. The van der Waals surface area contributed by atoms with E-state index in [4.69, 9.17) is 0 Å². The molecule has 0 aliphatic heterocycles. The van der Waals surface area contributed by atoms with Crippen LogP contribution in [-0.2, 0) is 14.3 Å². The van der Waals surface area contributed by atoms with Gasteiger partial charge in [-0.25, -0.2) is 0 Å². The number of carbonyl (C=O) groups is 2. The second-order valence-corrected chi connectivity index (χ2v) is 2.15. The molecule has 0 aromatic carbocycles. The standard InChI is InChI=1S/C7H11F2NO3/c1-2-13-5(11)3-4-10-7(12)6(8)9/h6H,2-4H2,1H3,(H,10,12). The molecule has 6 heteroatoms. The Kier molecular flexibility index (Phi) is 5.75. The van der Waals surface area contributed by atoms with Gasteiger partial charge in [0.15, 0.2) is 0 Å². The Morgan fingerprint density at radius 1 is 1.46 bits per heavy atom. The smallest absolute Gasteiger partial charge is 0.315 e. The average Bonchev–Trinajstić information content (AvgIpc) is 2.04. The van der Waals surface area contributed by atoms with Crippen LogP contribution in [0.15, 0.2) is 0 Å². The lowest BCUT2D eigenvalue weighted by Crippen LogP contribution is -2.31. The fourth-order valence-electron chi connectivity index (χ4n) is 0.598. The van der Waals surface area contributed by atoms with Gasteiger partial charge in [0.2, 0.25) is 0 Å². The van der Waals surface area contributed by atoms with Gasteiger partial charge in [-0.15, -0.1) is 0 Å². The number of hydrogen-bond donors (Lipinski definition) is 1. The molecule has 0 saturated heterocycles. The van der Waals surface area contributed by atoms with Crippen LogP contribution in [0.1, 0.15) is 13.3 Å². The van der Waals surface area contributed by atoms with E-state index in [0.29, 0.717) is 0 Å². The fourth-order valence-corrected chi connectivity index (χ4v) is 0.598. The summed E-state index contributed by atoms with van der Waals surface area (Å²) >= 11 is 0. The van der Waals surface area contributed by atoms with E-state index in [-0.39, 0.29) is 19.6 Å². The molecule has 0 aromatic heterocycles. The third-order valence-corrected chi connectivity index (χ3v) is 1.13. The van der Waals surface area contributed by atoms with Gasteiger partial charge < -0.3 is 10.1 Å². The molecule has 0 saturated carbocycles. The first-order valence-electron chi connectivity index (χ1n) is 3.79. The number of nitrogens with one attached hydrogen (secondary N) is 1. The Labute approximate surface area is 74.2 Å². The summed E-state index contributed by atoms with van der Waals surface area (Å²) in [6.07, 6.45) is -3.13. The quantitative estimate of drug-likeness (QED) is 0.643. The third-order valence-electron chi connectivity index (χ3n) is 1.13. The summed E-state index contributed by atoms with van der Waals surface area (Å²) in [7, 11) is 0. The van der Waals surface area contributed by atoms with Crippen LogP contribution < -0.4 is 5.32 Å². The molecule has 0 aliphatic rings. The molecule has 1 N–H and O–H groups in total. The number of amides is 1. The van der Waals surface area contributed by atoms with Crippen molar-refractivity contribution in [1.29, 1.82) is 0 Å². The lowest BCUT2D eigenvalue weighted by atomic mass is 10.4. The van der Waals surface area contributed by atoms with Gasteiger partial charge in [0.1, 0.15) is 0 Å². The Morgan fingerprint density at radius 2 is 2.08 bits per heavy atom. The molecule has 0 rings (SSSR count). The van der Waals surface area contributed by atoms with E-state index in [1.165, 1.54) is 0 Å². The SMILES string of the molecule is CCOC(=O)CCNC(=O)C(F)F. The molecular weight excluding hydrogens is 184 g/mol. The monoisotopic (exact) mass is 195 g/mol. The topological polar surface area (TPSA) is 55.4 Å². The van der Waals surface area contributed by atoms with Gasteiger partial charge in [-0.3, -0.25) is 9.59 Å². The Morgan fingerprint density at radius 3 is 2.54 bits per heavy atom. The summed E-state index contributed by atoms with van der Waals surface area (Å²) in [4.78, 5) is 20.9. The molecule has 0 fully saturated rings. The van der Waals surface area contributed by atoms with Crippen LogP contribution in [0.25, 0.3) is 0 Å². The molecule has 13 heavy (non-hydrogen) atoms. The number of rotatable bonds is 5. The van der Waals surface area contributed by atoms with Gasteiger partial charge in [0.05, 0.1) is 13.0 Å². The zero-order chi connectivity index (χ0) is 10.3. The number of esters is 1. The molecule has 0 radical (unpaired) electrons. The van der Waals surface area contributed by atoms with Gasteiger partial charge >= 0.3 is 12.4 Å². The molecule has 0 atom stereocenters. The highest BCUT2D eigenvalue weighted by Crippen LogP contribution is 1.91. The van der Waals surface area contributed by atoms with Crippen molar-refractivity contribution in [2.75, 3.05) is 13.2 Å². The van der Waals surface area contributed by atoms with Crippen LogP contribution in [0.5, 0.6) is 0 Å². The van der Waals surface area contributed by atoms with Crippen molar-refractivity contribution in [3.8, 4) is 0 Å². The Bertz CT molecular complexity index is 185. The van der Waals surface area contributed by atoms with Crippen LogP contribution in [-0.4, -0.2) is 31.5 Å². The summed E-state index contributed by atoms with van der Waals surface area (Å²) in [6.45, 7) is 1.75. The van der Waals surface area contributed by atoms with Crippen molar-refractivity contribution in [2.45, 2.75) is 19.8 Å². The second-order valence-electron chi connectivity index (χ2n) is 2.15. The minimum absolute atomic E-state index is 0.0910. The number of halogens is 2. The molecular formula is C7H11F2NO3. The molecule has 1 amide bonds. The largest absolute Gasteiger partial charge is 0.466 e. The average molecular weight is 195 g/mol. The third kappa shape index (κ3) is 6.01. The first-order valence-corrected chi connectivity index (χ1v) is 3.79. The highest BCUT2D eigenvalue weighted by Gasteiger charge is 2.14. The minimum atomic E-state index is -3.04. The maximum absolute atomic E-state index is 11.6. The van der Waals surface area contributed by atoms with Gasteiger partial charge in [0, 0.05) is 6.54 Å². The summed E-state index contributed by atoms with van der Waals surface area (Å²) in [5.41, 5.74) is 0. The van der Waals surface area contributed by atoms with Crippen LogP contribution in [0, 0.1) is 0 Å². The molecule has 0 aliphatic carbocycles. The van der Waals surface area contributed by atoms with Crippen molar-refractivity contribution < 1.29 is 23.1 Å². The highest BCUT2D eigenvalue weighted by molar-refractivity contribution is 5.79. The normalized spacial score (nSPS) is 9.85. The zero-order valence-electron chi connectivity index (χ0n) is 7.18. The summed E-state index contributed by atoms with van der Waals surface area (Å²) in [5.74, 6) is -1.89. The van der Waals surface area contributed by atoms with Crippen molar-refractivity contribution in [3.05, 3.63) is 0 Å². The second kappa shape index (κ2) is 6.33. The number of ether oxygens (including phenoxy) is 1. The van der Waals surface area contributed by atoms with Crippen molar-refractivity contribution >= 4 is 11.9 Å². The van der Waals surface area contributed by atoms with E-state index in [0.717, 1.165) is 0 Å². The van der Waals surface area contributed by atoms with E-state index in [1.807, 2.05) is 5.32 Å². The van der Waals surface area contributed by atoms with E-state index in [1.54, 1.807) is 6.92 Å². The van der Waals surface area contributed by atoms with Crippen molar-refractivity contribution in [3.63, 3.8) is 0 Å². The van der Waals surface area contributed by atoms with Crippen LogP contribution in [0.4, 0.5) is 8.78 Å². The Hall–Kier alpha value is -1.20. The molecule has 0 unspecified atom stereocenters. The molecule has 76 valence electrons. The number of hydrogen-bond acceptors (Lipinski definition) is 3. The fraction of sp³-hybridized carbons (Fsp3) is 0.714.